The number of anilines is 1. The zero-order valence-electron chi connectivity index (χ0n) is 10.3. The number of hydrogen-bond donors (Lipinski definition) is 2. The Hall–Kier alpha value is -2.76. The van der Waals surface area contributed by atoms with Gasteiger partial charge in [-0.25, -0.2) is 0 Å². The van der Waals surface area contributed by atoms with Gasteiger partial charge < -0.3 is 20.0 Å². The van der Waals surface area contributed by atoms with Crippen molar-refractivity contribution >= 4 is 5.69 Å². The Labute approximate surface area is 109 Å². The van der Waals surface area contributed by atoms with Crippen molar-refractivity contribution in [2.45, 2.75) is 0 Å². The van der Waals surface area contributed by atoms with Gasteiger partial charge in [0.05, 0.1) is 18.4 Å². The van der Waals surface area contributed by atoms with Crippen LogP contribution in [0.25, 0.3) is 23.0 Å². The predicted octanol–water partition coefficient (Wildman–Crippen LogP) is 2.32. The third-order valence-electron chi connectivity index (χ3n) is 2.75. The lowest BCUT2D eigenvalue weighted by Gasteiger charge is -2.03. The summed E-state index contributed by atoms with van der Waals surface area (Å²) in [6, 6.07) is 9.04. The third-order valence-corrected chi connectivity index (χ3v) is 2.75. The molecule has 0 saturated carbocycles. The van der Waals surface area contributed by atoms with E-state index in [0.29, 0.717) is 28.7 Å². The van der Waals surface area contributed by atoms with Crippen molar-refractivity contribution in [3.63, 3.8) is 0 Å². The van der Waals surface area contributed by atoms with Gasteiger partial charge in [0, 0.05) is 18.0 Å². The monoisotopic (exact) mass is 256 g/mol. The van der Waals surface area contributed by atoms with Gasteiger partial charge in [0.1, 0.15) is 5.75 Å². The molecule has 6 nitrogen and oxygen atoms in total. The fourth-order valence-corrected chi connectivity index (χ4v) is 1.77. The number of nitrogens with two attached hydrogens (primary N) is 1. The van der Waals surface area contributed by atoms with Crippen molar-refractivity contribution in [1.29, 1.82) is 0 Å². The first-order chi connectivity index (χ1) is 9.28. The highest BCUT2D eigenvalue weighted by molar-refractivity contribution is 5.72. The van der Waals surface area contributed by atoms with E-state index < -0.39 is 0 Å². The Kier molecular flexibility index (Phi) is 2.68. The highest BCUT2D eigenvalue weighted by atomic mass is 16.5. The number of hydrogen-bond acceptors (Lipinski definition) is 5. The number of aromatic nitrogens is 3. The molecule has 19 heavy (non-hydrogen) atoms. The maximum atomic E-state index is 5.94. The molecule has 2 heterocycles. The summed E-state index contributed by atoms with van der Waals surface area (Å²) in [6.45, 7) is 0. The van der Waals surface area contributed by atoms with E-state index in [1.807, 2.05) is 12.1 Å². The molecule has 0 aliphatic heterocycles. The van der Waals surface area contributed by atoms with Crippen LogP contribution in [0.4, 0.5) is 5.69 Å². The lowest BCUT2D eigenvalue weighted by molar-refractivity contribution is 0.414. The zero-order chi connectivity index (χ0) is 13.2. The average Bonchev–Trinajstić information content (AvgIpc) is 3.09. The van der Waals surface area contributed by atoms with Gasteiger partial charge in [-0.2, -0.15) is 4.98 Å². The minimum Gasteiger partial charge on any atom is -0.497 e. The Morgan fingerprint density at radius 1 is 1.32 bits per heavy atom. The fourth-order valence-electron chi connectivity index (χ4n) is 1.77. The summed E-state index contributed by atoms with van der Waals surface area (Å²) in [6.07, 6.45) is 1.80. The molecule has 0 aliphatic rings. The van der Waals surface area contributed by atoms with Crippen LogP contribution in [0, 0.1) is 0 Å². The summed E-state index contributed by atoms with van der Waals surface area (Å²) >= 11 is 0. The first-order valence-corrected chi connectivity index (χ1v) is 5.69. The molecule has 0 fully saturated rings. The van der Waals surface area contributed by atoms with E-state index in [1.165, 1.54) is 0 Å². The van der Waals surface area contributed by atoms with Gasteiger partial charge in [-0.1, -0.05) is 5.16 Å². The van der Waals surface area contributed by atoms with Crippen LogP contribution >= 0.6 is 0 Å². The van der Waals surface area contributed by atoms with Crippen LogP contribution in [0.15, 0.2) is 41.1 Å². The Morgan fingerprint density at radius 3 is 2.89 bits per heavy atom. The Bertz CT molecular complexity index is 688. The van der Waals surface area contributed by atoms with Crippen LogP contribution in [0.1, 0.15) is 0 Å². The molecule has 0 unspecified atom stereocenters. The number of aromatic amines is 1. The summed E-state index contributed by atoms with van der Waals surface area (Å²) < 4.78 is 10.3. The van der Waals surface area contributed by atoms with Crippen LogP contribution in [0.3, 0.4) is 0 Å². The number of benzene rings is 1. The molecule has 0 aliphatic carbocycles. The normalized spacial score (nSPS) is 10.6. The molecule has 0 bridgehead atoms. The van der Waals surface area contributed by atoms with Crippen LogP contribution in [0.2, 0.25) is 0 Å². The molecule has 2 aromatic heterocycles. The average molecular weight is 256 g/mol. The second kappa shape index (κ2) is 4.49. The van der Waals surface area contributed by atoms with Gasteiger partial charge in [-0.05, 0) is 24.3 Å². The molecule has 0 radical (unpaired) electrons. The zero-order valence-corrected chi connectivity index (χ0v) is 10.3. The summed E-state index contributed by atoms with van der Waals surface area (Å²) in [4.78, 5) is 7.32. The standard InChI is InChI=1S/C13H12N4O2/c1-18-8-4-5-9(10(14)7-8)13-16-12(17-19-13)11-3-2-6-15-11/h2-7,15H,14H2,1H3. The molecule has 3 N–H and O–H groups in total. The SMILES string of the molecule is COc1ccc(-c2nc(-c3ccc[nH]3)no2)c(N)c1. The van der Waals surface area contributed by atoms with E-state index in [1.54, 1.807) is 31.5 Å². The lowest BCUT2D eigenvalue weighted by atomic mass is 10.1. The van der Waals surface area contributed by atoms with Crippen LogP contribution in [0.5, 0.6) is 5.75 Å². The summed E-state index contributed by atoms with van der Waals surface area (Å²) in [5.74, 6) is 1.56. The maximum absolute atomic E-state index is 5.94. The van der Waals surface area contributed by atoms with E-state index in [-0.39, 0.29) is 0 Å². The van der Waals surface area contributed by atoms with Crippen LogP contribution in [-0.2, 0) is 0 Å². The third kappa shape index (κ3) is 2.03. The molecule has 3 rings (SSSR count). The summed E-state index contributed by atoms with van der Waals surface area (Å²) in [5.41, 5.74) is 7.95. The van der Waals surface area contributed by atoms with Crippen LogP contribution in [-0.4, -0.2) is 22.2 Å². The highest BCUT2D eigenvalue weighted by Gasteiger charge is 2.13. The largest absolute Gasteiger partial charge is 0.497 e. The lowest BCUT2D eigenvalue weighted by Crippen LogP contribution is -1.92. The number of ether oxygens (including phenoxy) is 1. The molecule has 96 valence electrons. The Balaban J connectivity index is 1.99. The van der Waals surface area contributed by atoms with Gasteiger partial charge in [-0.3, -0.25) is 0 Å². The topological polar surface area (TPSA) is 90.0 Å². The number of nitrogens with zero attached hydrogens (tertiary/aromatic N) is 2. The minimum absolute atomic E-state index is 0.379. The van der Waals surface area contributed by atoms with E-state index in [0.717, 1.165) is 5.69 Å². The van der Waals surface area contributed by atoms with Gasteiger partial charge in [0.15, 0.2) is 0 Å². The number of rotatable bonds is 3. The first kappa shape index (κ1) is 11.3. The molecule has 1 aromatic carbocycles. The van der Waals surface area contributed by atoms with Gasteiger partial charge in [0.2, 0.25) is 5.82 Å². The first-order valence-electron chi connectivity index (χ1n) is 5.69. The van der Waals surface area contributed by atoms with Gasteiger partial charge in [-0.15, -0.1) is 0 Å². The highest BCUT2D eigenvalue weighted by Crippen LogP contribution is 2.29. The molecule has 0 saturated heterocycles. The van der Waals surface area contributed by atoms with Gasteiger partial charge >= 0.3 is 0 Å². The second-order valence-corrected chi connectivity index (χ2v) is 3.96. The molecule has 0 spiro atoms. The van der Waals surface area contributed by atoms with E-state index >= 15 is 0 Å². The summed E-state index contributed by atoms with van der Waals surface area (Å²) in [7, 11) is 1.59. The molecular weight excluding hydrogens is 244 g/mol. The number of methoxy groups -OCH3 is 1. The van der Waals surface area contributed by atoms with E-state index in [4.69, 9.17) is 15.0 Å². The van der Waals surface area contributed by atoms with E-state index in [9.17, 15) is 0 Å². The van der Waals surface area contributed by atoms with Crippen molar-refractivity contribution in [2.75, 3.05) is 12.8 Å². The number of nitrogen functional groups attached to an aromatic ring is 1. The van der Waals surface area contributed by atoms with Crippen molar-refractivity contribution in [1.82, 2.24) is 15.1 Å². The summed E-state index contributed by atoms with van der Waals surface area (Å²) in [5, 5.41) is 3.91. The van der Waals surface area contributed by atoms with E-state index in [2.05, 4.69) is 15.1 Å². The van der Waals surface area contributed by atoms with Crippen molar-refractivity contribution < 1.29 is 9.26 Å². The maximum Gasteiger partial charge on any atom is 0.260 e. The second-order valence-electron chi connectivity index (χ2n) is 3.96. The fraction of sp³-hybridized carbons (Fsp3) is 0.0769. The molecule has 0 atom stereocenters. The van der Waals surface area contributed by atoms with Crippen LogP contribution < -0.4 is 10.5 Å². The minimum atomic E-state index is 0.379. The molecular formula is C13H12N4O2. The molecule has 3 aromatic rings. The predicted molar refractivity (Wildman–Crippen MR) is 70.5 cm³/mol. The molecule has 6 heteroatoms. The Morgan fingerprint density at radius 2 is 2.21 bits per heavy atom. The number of nitrogens with one attached hydrogen (secondary N) is 1. The van der Waals surface area contributed by atoms with Crippen molar-refractivity contribution in [3.05, 3.63) is 36.5 Å². The van der Waals surface area contributed by atoms with Gasteiger partial charge in [0.25, 0.3) is 5.89 Å². The van der Waals surface area contributed by atoms with Crippen molar-refractivity contribution in [2.24, 2.45) is 0 Å². The molecule has 0 amide bonds. The quantitative estimate of drug-likeness (QED) is 0.702. The number of H-pyrrole nitrogens is 1. The smallest absolute Gasteiger partial charge is 0.260 e. The van der Waals surface area contributed by atoms with Crippen molar-refractivity contribution in [3.8, 4) is 28.7 Å².